The standard InChI is InChI=1S/C15H10ClFO4/c1-21-15(20)12-6-8(2-5-13(12)16)11-7-9(17)3-4-10(11)14(18)19/h2-7H,1H3,(H,18,19). The Morgan fingerprint density at radius 1 is 1.14 bits per heavy atom. The van der Waals surface area contributed by atoms with E-state index in [2.05, 4.69) is 4.74 Å². The van der Waals surface area contributed by atoms with E-state index in [0.717, 1.165) is 12.1 Å². The predicted octanol–water partition coefficient (Wildman–Crippen LogP) is 3.63. The van der Waals surface area contributed by atoms with Gasteiger partial charge in [-0.2, -0.15) is 0 Å². The van der Waals surface area contributed by atoms with E-state index >= 15 is 0 Å². The molecule has 0 aliphatic carbocycles. The topological polar surface area (TPSA) is 63.6 Å². The van der Waals surface area contributed by atoms with Crippen LogP contribution in [0.4, 0.5) is 4.39 Å². The maximum absolute atomic E-state index is 13.4. The smallest absolute Gasteiger partial charge is 0.339 e. The van der Waals surface area contributed by atoms with Crippen LogP contribution in [0, 0.1) is 5.82 Å². The molecule has 108 valence electrons. The highest BCUT2D eigenvalue weighted by Gasteiger charge is 2.16. The number of benzene rings is 2. The molecular weight excluding hydrogens is 299 g/mol. The molecule has 2 rings (SSSR count). The fraction of sp³-hybridized carbons (Fsp3) is 0.0667. The van der Waals surface area contributed by atoms with E-state index < -0.39 is 17.8 Å². The molecule has 2 aromatic carbocycles. The van der Waals surface area contributed by atoms with Crippen LogP contribution in [-0.2, 0) is 4.74 Å². The summed E-state index contributed by atoms with van der Waals surface area (Å²) in [6, 6.07) is 7.63. The molecule has 0 bridgehead atoms. The van der Waals surface area contributed by atoms with Crippen molar-refractivity contribution in [3.63, 3.8) is 0 Å². The first-order chi connectivity index (χ1) is 9.93. The number of ether oxygens (including phenoxy) is 1. The van der Waals surface area contributed by atoms with Gasteiger partial charge in [0.1, 0.15) is 5.82 Å². The largest absolute Gasteiger partial charge is 0.478 e. The van der Waals surface area contributed by atoms with Crippen molar-refractivity contribution in [2.75, 3.05) is 7.11 Å². The van der Waals surface area contributed by atoms with Crippen molar-refractivity contribution >= 4 is 23.5 Å². The van der Waals surface area contributed by atoms with Gasteiger partial charge in [-0.3, -0.25) is 0 Å². The van der Waals surface area contributed by atoms with Gasteiger partial charge in [-0.1, -0.05) is 17.7 Å². The average Bonchev–Trinajstić information content (AvgIpc) is 2.46. The van der Waals surface area contributed by atoms with E-state index in [1.165, 1.54) is 31.4 Å². The molecule has 0 radical (unpaired) electrons. The van der Waals surface area contributed by atoms with Gasteiger partial charge >= 0.3 is 11.9 Å². The molecular formula is C15H10ClFO4. The SMILES string of the molecule is COC(=O)c1cc(-c2cc(F)ccc2C(=O)O)ccc1Cl. The van der Waals surface area contributed by atoms with Crippen molar-refractivity contribution in [1.29, 1.82) is 0 Å². The fourth-order valence-electron chi connectivity index (χ4n) is 1.90. The third kappa shape index (κ3) is 3.03. The molecule has 21 heavy (non-hydrogen) atoms. The number of aromatic carboxylic acids is 1. The second-order valence-electron chi connectivity index (χ2n) is 4.18. The molecule has 0 saturated carbocycles. The molecule has 0 fully saturated rings. The molecule has 6 heteroatoms. The van der Waals surface area contributed by atoms with Crippen LogP contribution >= 0.6 is 11.6 Å². The van der Waals surface area contributed by atoms with E-state index in [0.29, 0.717) is 5.56 Å². The Morgan fingerprint density at radius 2 is 1.86 bits per heavy atom. The highest BCUT2D eigenvalue weighted by Crippen LogP contribution is 2.29. The Morgan fingerprint density at radius 3 is 2.48 bits per heavy atom. The lowest BCUT2D eigenvalue weighted by Crippen LogP contribution is -2.04. The summed E-state index contributed by atoms with van der Waals surface area (Å²) in [4.78, 5) is 22.8. The van der Waals surface area contributed by atoms with E-state index in [4.69, 9.17) is 16.7 Å². The van der Waals surface area contributed by atoms with E-state index in [-0.39, 0.29) is 21.7 Å². The number of carboxylic acids is 1. The minimum Gasteiger partial charge on any atom is -0.478 e. The molecule has 0 amide bonds. The summed E-state index contributed by atoms with van der Waals surface area (Å²) >= 11 is 5.90. The minimum absolute atomic E-state index is 0.0745. The fourth-order valence-corrected chi connectivity index (χ4v) is 2.10. The summed E-state index contributed by atoms with van der Waals surface area (Å²) < 4.78 is 18.0. The summed E-state index contributed by atoms with van der Waals surface area (Å²) in [6.45, 7) is 0. The van der Waals surface area contributed by atoms with Gasteiger partial charge < -0.3 is 9.84 Å². The van der Waals surface area contributed by atoms with Crippen LogP contribution in [0.2, 0.25) is 5.02 Å². The number of carbonyl (C=O) groups excluding carboxylic acids is 1. The summed E-state index contributed by atoms with van der Waals surface area (Å²) in [5.74, 6) is -2.43. The van der Waals surface area contributed by atoms with Gasteiger partial charge in [-0.25, -0.2) is 14.0 Å². The van der Waals surface area contributed by atoms with Gasteiger partial charge in [0, 0.05) is 0 Å². The van der Waals surface area contributed by atoms with Crippen molar-refractivity contribution in [2.24, 2.45) is 0 Å². The molecule has 0 atom stereocenters. The number of methoxy groups -OCH3 is 1. The van der Waals surface area contributed by atoms with Crippen molar-refractivity contribution < 1.29 is 23.8 Å². The Balaban J connectivity index is 2.65. The van der Waals surface area contributed by atoms with Gasteiger partial charge in [0.2, 0.25) is 0 Å². The summed E-state index contributed by atoms with van der Waals surface area (Å²) in [6.07, 6.45) is 0. The lowest BCUT2D eigenvalue weighted by molar-refractivity contribution is 0.0600. The molecule has 0 aliphatic heterocycles. The molecule has 0 aromatic heterocycles. The molecule has 1 N–H and O–H groups in total. The number of carboxylic acid groups (broad SMARTS) is 1. The molecule has 0 heterocycles. The van der Waals surface area contributed by atoms with Crippen LogP contribution in [0.3, 0.4) is 0 Å². The number of hydrogen-bond donors (Lipinski definition) is 1. The van der Waals surface area contributed by atoms with Gasteiger partial charge in [0.25, 0.3) is 0 Å². The van der Waals surface area contributed by atoms with E-state index in [1.54, 1.807) is 0 Å². The zero-order valence-electron chi connectivity index (χ0n) is 10.9. The Labute approximate surface area is 124 Å². The highest BCUT2D eigenvalue weighted by atomic mass is 35.5. The van der Waals surface area contributed by atoms with Crippen molar-refractivity contribution in [2.45, 2.75) is 0 Å². The first kappa shape index (κ1) is 15.0. The van der Waals surface area contributed by atoms with E-state index in [9.17, 15) is 14.0 Å². The summed E-state index contributed by atoms with van der Waals surface area (Å²) in [7, 11) is 1.20. The summed E-state index contributed by atoms with van der Waals surface area (Å²) in [5, 5.41) is 9.32. The van der Waals surface area contributed by atoms with Crippen LogP contribution in [0.1, 0.15) is 20.7 Å². The lowest BCUT2D eigenvalue weighted by atomic mass is 9.98. The number of carbonyl (C=O) groups is 2. The van der Waals surface area contributed by atoms with E-state index in [1.807, 2.05) is 0 Å². The van der Waals surface area contributed by atoms with Crippen LogP contribution in [0.5, 0.6) is 0 Å². The number of esters is 1. The molecule has 2 aromatic rings. The van der Waals surface area contributed by atoms with Crippen molar-refractivity contribution in [1.82, 2.24) is 0 Å². The second kappa shape index (κ2) is 5.93. The summed E-state index contributed by atoms with van der Waals surface area (Å²) in [5.41, 5.74) is 0.521. The molecule has 0 spiro atoms. The zero-order chi connectivity index (χ0) is 15.6. The second-order valence-corrected chi connectivity index (χ2v) is 4.59. The number of hydrogen-bond acceptors (Lipinski definition) is 3. The predicted molar refractivity (Wildman–Crippen MR) is 75.1 cm³/mol. The molecule has 4 nitrogen and oxygen atoms in total. The van der Waals surface area contributed by atoms with Gasteiger partial charge in [0.15, 0.2) is 0 Å². The normalized spacial score (nSPS) is 10.2. The first-order valence-electron chi connectivity index (χ1n) is 5.85. The molecule has 0 aliphatic rings. The zero-order valence-corrected chi connectivity index (χ0v) is 11.6. The van der Waals surface area contributed by atoms with Gasteiger partial charge in [-0.15, -0.1) is 0 Å². The highest BCUT2D eigenvalue weighted by molar-refractivity contribution is 6.33. The van der Waals surface area contributed by atoms with Crippen LogP contribution in [-0.4, -0.2) is 24.2 Å². The first-order valence-corrected chi connectivity index (χ1v) is 6.23. The Hall–Kier alpha value is -2.40. The maximum atomic E-state index is 13.4. The average molecular weight is 309 g/mol. The number of halogens is 2. The monoisotopic (exact) mass is 308 g/mol. The van der Waals surface area contributed by atoms with Crippen LogP contribution < -0.4 is 0 Å². The third-order valence-corrected chi connectivity index (χ3v) is 3.22. The number of rotatable bonds is 3. The lowest BCUT2D eigenvalue weighted by Gasteiger charge is -2.09. The minimum atomic E-state index is -1.19. The maximum Gasteiger partial charge on any atom is 0.339 e. The molecule has 0 unspecified atom stereocenters. The third-order valence-electron chi connectivity index (χ3n) is 2.89. The van der Waals surface area contributed by atoms with Gasteiger partial charge in [0.05, 0.1) is 23.3 Å². The van der Waals surface area contributed by atoms with Crippen LogP contribution in [0.25, 0.3) is 11.1 Å². The van der Waals surface area contributed by atoms with Crippen LogP contribution in [0.15, 0.2) is 36.4 Å². The quantitative estimate of drug-likeness (QED) is 0.879. The van der Waals surface area contributed by atoms with Gasteiger partial charge in [-0.05, 0) is 41.5 Å². The van der Waals surface area contributed by atoms with Crippen molar-refractivity contribution in [3.8, 4) is 11.1 Å². The Bertz CT molecular complexity index is 728. The molecule has 0 saturated heterocycles. The van der Waals surface area contributed by atoms with Crippen molar-refractivity contribution in [3.05, 3.63) is 58.4 Å². The Kier molecular flexibility index (Phi) is 4.23.